The molecular formula is C22H41N3O2. The van der Waals surface area contributed by atoms with Crippen LogP contribution in [0.2, 0.25) is 0 Å². The number of likely N-dealkylation sites (tertiary alicyclic amines) is 1. The molecule has 2 rings (SSSR count). The third-order valence-electron chi connectivity index (χ3n) is 6.03. The van der Waals surface area contributed by atoms with E-state index in [0.717, 1.165) is 51.7 Å². The molecule has 2 amide bonds. The van der Waals surface area contributed by atoms with Crippen LogP contribution in [0.25, 0.3) is 0 Å². The van der Waals surface area contributed by atoms with E-state index in [0.29, 0.717) is 0 Å². The lowest BCUT2D eigenvalue weighted by molar-refractivity contribution is -0.139. The molecule has 0 aromatic rings. The minimum absolute atomic E-state index is 0.0507. The fraction of sp³-hybridized carbons (Fsp3) is 0.909. The summed E-state index contributed by atoms with van der Waals surface area (Å²) in [5, 5.41) is 6.33. The monoisotopic (exact) mass is 379 g/mol. The minimum atomic E-state index is -0.247. The first-order valence-corrected chi connectivity index (χ1v) is 11.6. The Morgan fingerprint density at radius 1 is 0.926 bits per heavy atom. The van der Waals surface area contributed by atoms with E-state index in [1.165, 1.54) is 57.8 Å². The highest BCUT2D eigenvalue weighted by Gasteiger charge is 2.37. The standard InChI is InChI=1S/C22H41N3O2/c1-2-3-4-5-6-7-8-9-10-11-16-24-21(26)20-15-13-18-25(20)22(27)19-14-12-17-23-19/h19-20,23H,2-18H2,1H3,(H,24,26)/t19-,20?/m0/s1. The van der Waals surface area contributed by atoms with Gasteiger partial charge in [0.1, 0.15) is 6.04 Å². The summed E-state index contributed by atoms with van der Waals surface area (Å²) in [7, 11) is 0. The molecule has 2 heterocycles. The highest BCUT2D eigenvalue weighted by atomic mass is 16.2. The number of nitrogens with zero attached hydrogens (tertiary/aromatic N) is 1. The van der Waals surface area contributed by atoms with Crippen LogP contribution in [0, 0.1) is 0 Å². The number of rotatable bonds is 13. The van der Waals surface area contributed by atoms with Crippen LogP contribution in [0.5, 0.6) is 0 Å². The van der Waals surface area contributed by atoms with Crippen molar-refractivity contribution in [3.8, 4) is 0 Å². The van der Waals surface area contributed by atoms with E-state index in [4.69, 9.17) is 0 Å². The highest BCUT2D eigenvalue weighted by molar-refractivity contribution is 5.90. The van der Waals surface area contributed by atoms with Crippen molar-refractivity contribution in [2.75, 3.05) is 19.6 Å². The normalized spacial score (nSPS) is 22.3. The van der Waals surface area contributed by atoms with Gasteiger partial charge < -0.3 is 15.5 Å². The molecule has 27 heavy (non-hydrogen) atoms. The van der Waals surface area contributed by atoms with Gasteiger partial charge in [0.2, 0.25) is 11.8 Å². The molecule has 1 unspecified atom stereocenters. The van der Waals surface area contributed by atoms with E-state index in [2.05, 4.69) is 17.6 Å². The summed E-state index contributed by atoms with van der Waals surface area (Å²) in [4.78, 5) is 26.9. The average Bonchev–Trinajstić information content (AvgIpc) is 3.37. The number of carbonyl (C=O) groups excluding carboxylic acids is 2. The maximum absolute atomic E-state index is 12.6. The fourth-order valence-electron chi connectivity index (χ4n) is 4.34. The molecule has 0 aliphatic carbocycles. The van der Waals surface area contributed by atoms with Gasteiger partial charge in [-0.1, -0.05) is 64.7 Å². The van der Waals surface area contributed by atoms with Gasteiger partial charge in [-0.15, -0.1) is 0 Å². The predicted molar refractivity (Wildman–Crippen MR) is 111 cm³/mol. The van der Waals surface area contributed by atoms with Gasteiger partial charge >= 0.3 is 0 Å². The Morgan fingerprint density at radius 2 is 1.59 bits per heavy atom. The van der Waals surface area contributed by atoms with Crippen molar-refractivity contribution in [2.45, 2.75) is 109 Å². The smallest absolute Gasteiger partial charge is 0.242 e. The number of hydrogen-bond acceptors (Lipinski definition) is 3. The van der Waals surface area contributed by atoms with E-state index >= 15 is 0 Å². The molecule has 2 fully saturated rings. The summed E-state index contributed by atoms with van der Waals surface area (Å²) in [5.74, 6) is 0.179. The van der Waals surface area contributed by atoms with E-state index in [-0.39, 0.29) is 23.9 Å². The second-order valence-corrected chi connectivity index (χ2v) is 8.31. The zero-order chi connectivity index (χ0) is 19.3. The summed E-state index contributed by atoms with van der Waals surface area (Å²) in [5.41, 5.74) is 0. The molecular weight excluding hydrogens is 338 g/mol. The Bertz CT molecular complexity index is 435. The van der Waals surface area contributed by atoms with Gasteiger partial charge in [0, 0.05) is 13.1 Å². The Balaban J connectivity index is 1.51. The molecule has 2 atom stereocenters. The lowest BCUT2D eigenvalue weighted by atomic mass is 10.1. The van der Waals surface area contributed by atoms with Crippen molar-refractivity contribution >= 4 is 11.8 Å². The van der Waals surface area contributed by atoms with E-state index < -0.39 is 0 Å². The van der Waals surface area contributed by atoms with Gasteiger partial charge in [-0.3, -0.25) is 9.59 Å². The zero-order valence-electron chi connectivity index (χ0n) is 17.4. The molecule has 0 radical (unpaired) electrons. The first-order chi connectivity index (χ1) is 13.2. The second kappa shape index (κ2) is 13.1. The largest absolute Gasteiger partial charge is 0.354 e. The number of nitrogens with one attached hydrogen (secondary N) is 2. The summed E-state index contributed by atoms with van der Waals surface area (Å²) < 4.78 is 0. The van der Waals surface area contributed by atoms with Crippen molar-refractivity contribution in [1.29, 1.82) is 0 Å². The van der Waals surface area contributed by atoms with Crippen LogP contribution in [0.4, 0.5) is 0 Å². The first kappa shape index (κ1) is 22.2. The third kappa shape index (κ3) is 7.81. The molecule has 2 aliphatic heterocycles. The topological polar surface area (TPSA) is 61.4 Å². The average molecular weight is 380 g/mol. The number of carbonyl (C=O) groups is 2. The van der Waals surface area contributed by atoms with Crippen LogP contribution >= 0.6 is 0 Å². The summed E-state index contributed by atoms with van der Waals surface area (Å²) in [6.45, 7) is 4.65. The lowest BCUT2D eigenvalue weighted by Crippen LogP contribution is -2.51. The van der Waals surface area contributed by atoms with E-state index in [1.807, 2.05) is 4.90 Å². The molecule has 5 nitrogen and oxygen atoms in total. The zero-order valence-corrected chi connectivity index (χ0v) is 17.4. The maximum atomic E-state index is 12.6. The van der Waals surface area contributed by atoms with E-state index in [9.17, 15) is 9.59 Å². The summed E-state index contributed by atoms with van der Waals surface area (Å²) in [6, 6.07) is -0.316. The minimum Gasteiger partial charge on any atom is -0.354 e. The third-order valence-corrected chi connectivity index (χ3v) is 6.03. The van der Waals surface area contributed by atoms with Crippen LogP contribution in [0.1, 0.15) is 96.8 Å². The molecule has 0 aromatic heterocycles. The fourth-order valence-corrected chi connectivity index (χ4v) is 4.34. The van der Waals surface area contributed by atoms with Gasteiger partial charge in [0.15, 0.2) is 0 Å². The molecule has 0 aromatic carbocycles. The molecule has 2 aliphatic rings. The van der Waals surface area contributed by atoms with Crippen LogP contribution < -0.4 is 10.6 Å². The quantitative estimate of drug-likeness (QED) is 0.479. The number of unbranched alkanes of at least 4 members (excludes halogenated alkanes) is 9. The van der Waals surface area contributed by atoms with Crippen LogP contribution in [-0.2, 0) is 9.59 Å². The van der Waals surface area contributed by atoms with Crippen molar-refractivity contribution < 1.29 is 9.59 Å². The van der Waals surface area contributed by atoms with Gasteiger partial charge in [-0.05, 0) is 38.6 Å². The van der Waals surface area contributed by atoms with Crippen molar-refractivity contribution in [3.05, 3.63) is 0 Å². The predicted octanol–water partition coefficient (Wildman–Crippen LogP) is 3.77. The highest BCUT2D eigenvalue weighted by Crippen LogP contribution is 2.21. The van der Waals surface area contributed by atoms with Crippen LogP contribution in [0.3, 0.4) is 0 Å². The number of hydrogen-bond donors (Lipinski definition) is 2. The molecule has 0 spiro atoms. The Hall–Kier alpha value is -1.10. The summed E-state index contributed by atoms with van der Waals surface area (Å²) in [6.07, 6.45) is 16.7. The Kier molecular flexibility index (Phi) is 10.8. The molecule has 2 N–H and O–H groups in total. The van der Waals surface area contributed by atoms with Crippen LogP contribution in [-0.4, -0.2) is 48.4 Å². The van der Waals surface area contributed by atoms with Gasteiger partial charge in [0.25, 0.3) is 0 Å². The molecule has 0 bridgehead atoms. The molecule has 2 saturated heterocycles. The maximum Gasteiger partial charge on any atom is 0.242 e. The Morgan fingerprint density at radius 3 is 2.22 bits per heavy atom. The second-order valence-electron chi connectivity index (χ2n) is 8.31. The van der Waals surface area contributed by atoms with Gasteiger partial charge in [-0.2, -0.15) is 0 Å². The summed E-state index contributed by atoms with van der Waals surface area (Å²) >= 11 is 0. The van der Waals surface area contributed by atoms with Gasteiger partial charge in [0.05, 0.1) is 6.04 Å². The molecule has 0 saturated carbocycles. The van der Waals surface area contributed by atoms with Crippen molar-refractivity contribution in [1.82, 2.24) is 15.5 Å². The van der Waals surface area contributed by atoms with E-state index in [1.54, 1.807) is 0 Å². The molecule has 156 valence electrons. The SMILES string of the molecule is CCCCCCCCCCCCNC(=O)C1CCCN1C(=O)[C@@H]1CCCN1. The lowest BCUT2D eigenvalue weighted by Gasteiger charge is -2.26. The van der Waals surface area contributed by atoms with Crippen LogP contribution in [0.15, 0.2) is 0 Å². The first-order valence-electron chi connectivity index (χ1n) is 11.6. The number of amides is 2. The Labute approximate surface area is 166 Å². The van der Waals surface area contributed by atoms with Crippen molar-refractivity contribution in [2.24, 2.45) is 0 Å². The molecule has 5 heteroatoms. The van der Waals surface area contributed by atoms with Crippen molar-refractivity contribution in [3.63, 3.8) is 0 Å². The van der Waals surface area contributed by atoms with Gasteiger partial charge in [-0.25, -0.2) is 0 Å².